The zero-order chi connectivity index (χ0) is 19.8. The predicted molar refractivity (Wildman–Crippen MR) is 110 cm³/mol. The number of benzene rings is 2. The lowest BCUT2D eigenvalue weighted by molar-refractivity contribution is 0.0677. The summed E-state index contributed by atoms with van der Waals surface area (Å²) < 4.78 is 5.22. The van der Waals surface area contributed by atoms with Crippen molar-refractivity contribution in [2.24, 2.45) is 0 Å². The molecule has 144 valence electrons. The maximum atomic E-state index is 13.1. The Morgan fingerprint density at radius 2 is 1.93 bits per heavy atom. The number of halogens is 2. The normalized spacial score (nSPS) is 15.9. The summed E-state index contributed by atoms with van der Waals surface area (Å²) in [6.45, 7) is 2.89. The lowest BCUT2D eigenvalue weighted by atomic mass is 9.95. The van der Waals surface area contributed by atoms with E-state index >= 15 is 0 Å². The molecule has 1 aliphatic heterocycles. The summed E-state index contributed by atoms with van der Waals surface area (Å²) in [5.74, 6) is -0.117. The van der Waals surface area contributed by atoms with Gasteiger partial charge >= 0.3 is 0 Å². The highest BCUT2D eigenvalue weighted by atomic mass is 35.5. The molecule has 1 N–H and O–H groups in total. The van der Waals surface area contributed by atoms with Crippen molar-refractivity contribution < 1.29 is 9.53 Å². The highest BCUT2D eigenvalue weighted by Gasteiger charge is 2.42. The molecule has 2 heterocycles. The van der Waals surface area contributed by atoms with Crippen LogP contribution in [0.3, 0.4) is 0 Å². The van der Waals surface area contributed by atoms with Crippen LogP contribution in [0.2, 0.25) is 10.0 Å². The maximum Gasteiger partial charge on any atom is 0.273 e. The molecule has 0 saturated carbocycles. The fourth-order valence-electron chi connectivity index (χ4n) is 3.60. The number of fused-ring (bicyclic) bond motifs is 1. The van der Waals surface area contributed by atoms with Gasteiger partial charge in [0.05, 0.1) is 18.3 Å². The summed E-state index contributed by atoms with van der Waals surface area (Å²) in [6, 6.07) is 13.1. The van der Waals surface area contributed by atoms with Gasteiger partial charge in [-0.05, 0) is 24.6 Å². The maximum absolute atomic E-state index is 13.1. The molecule has 7 heteroatoms. The van der Waals surface area contributed by atoms with Gasteiger partial charge in [0.2, 0.25) is 0 Å². The molecule has 2 aromatic carbocycles. The average Bonchev–Trinajstić information content (AvgIpc) is 3.21. The fraction of sp³-hybridized carbons (Fsp3) is 0.238. The molecule has 1 aliphatic rings. The zero-order valence-corrected chi connectivity index (χ0v) is 17.0. The van der Waals surface area contributed by atoms with Gasteiger partial charge in [-0.2, -0.15) is 5.10 Å². The molecule has 1 atom stereocenters. The molecule has 0 spiro atoms. The Labute approximate surface area is 173 Å². The Hall–Kier alpha value is -2.34. The van der Waals surface area contributed by atoms with Crippen molar-refractivity contribution in [3.05, 3.63) is 74.9 Å². The molecule has 0 radical (unpaired) electrons. The first-order valence-electron chi connectivity index (χ1n) is 8.91. The number of aromatic nitrogens is 2. The molecule has 0 bridgehead atoms. The number of carbonyl (C=O) groups is 1. The van der Waals surface area contributed by atoms with Gasteiger partial charge in [0, 0.05) is 34.8 Å². The van der Waals surface area contributed by atoms with E-state index in [4.69, 9.17) is 27.9 Å². The minimum Gasteiger partial charge on any atom is -0.383 e. The van der Waals surface area contributed by atoms with Crippen LogP contribution < -0.4 is 0 Å². The number of nitrogens with zero attached hydrogens (tertiary/aromatic N) is 2. The van der Waals surface area contributed by atoms with E-state index in [1.807, 2.05) is 37.3 Å². The van der Waals surface area contributed by atoms with Gasteiger partial charge in [-0.1, -0.05) is 59.1 Å². The summed E-state index contributed by atoms with van der Waals surface area (Å²) in [5, 5.41) is 8.45. The van der Waals surface area contributed by atoms with Crippen molar-refractivity contribution in [1.29, 1.82) is 0 Å². The van der Waals surface area contributed by atoms with Crippen molar-refractivity contribution in [3.63, 3.8) is 0 Å². The molecular weight excluding hydrogens is 397 g/mol. The topological polar surface area (TPSA) is 58.2 Å². The fourth-order valence-corrected chi connectivity index (χ4v) is 4.11. The molecule has 3 aromatic rings. The first-order valence-corrected chi connectivity index (χ1v) is 9.67. The van der Waals surface area contributed by atoms with Crippen molar-refractivity contribution in [2.75, 3.05) is 20.3 Å². The number of aromatic amines is 1. The number of carbonyl (C=O) groups excluding carboxylic acids is 1. The number of hydrogen-bond donors (Lipinski definition) is 1. The SMILES string of the molecule is COCCN1C(=O)c2[nH]nc(-c3ccc(C)cc3)c2C1c1ccc(Cl)cc1Cl. The largest absolute Gasteiger partial charge is 0.383 e. The monoisotopic (exact) mass is 415 g/mol. The molecule has 0 aliphatic carbocycles. The van der Waals surface area contributed by atoms with Crippen LogP contribution in [0.4, 0.5) is 0 Å². The van der Waals surface area contributed by atoms with Crippen LogP contribution in [-0.2, 0) is 4.74 Å². The first-order chi connectivity index (χ1) is 13.5. The third-order valence-electron chi connectivity index (χ3n) is 4.98. The van der Waals surface area contributed by atoms with Gasteiger partial charge in [-0.3, -0.25) is 9.89 Å². The van der Waals surface area contributed by atoms with Gasteiger partial charge in [-0.25, -0.2) is 0 Å². The summed E-state index contributed by atoms with van der Waals surface area (Å²) in [5.41, 5.74) is 4.98. The highest BCUT2D eigenvalue weighted by Crippen LogP contribution is 2.44. The number of methoxy groups -OCH3 is 1. The first kappa shape index (κ1) is 19.0. The lowest BCUT2D eigenvalue weighted by Crippen LogP contribution is -2.32. The average molecular weight is 416 g/mol. The van der Waals surface area contributed by atoms with E-state index < -0.39 is 0 Å². The van der Waals surface area contributed by atoms with E-state index in [9.17, 15) is 4.79 Å². The van der Waals surface area contributed by atoms with E-state index in [-0.39, 0.29) is 11.9 Å². The second-order valence-electron chi connectivity index (χ2n) is 6.79. The molecule has 4 rings (SSSR count). The van der Waals surface area contributed by atoms with Gasteiger partial charge in [0.1, 0.15) is 5.69 Å². The molecule has 0 fully saturated rings. The number of rotatable bonds is 5. The Bertz CT molecular complexity index is 1030. The van der Waals surface area contributed by atoms with E-state index in [1.165, 1.54) is 0 Å². The minimum absolute atomic E-state index is 0.117. The summed E-state index contributed by atoms with van der Waals surface area (Å²) >= 11 is 12.6. The molecule has 5 nitrogen and oxygen atoms in total. The van der Waals surface area contributed by atoms with Crippen molar-refractivity contribution in [2.45, 2.75) is 13.0 Å². The Morgan fingerprint density at radius 3 is 2.61 bits per heavy atom. The van der Waals surface area contributed by atoms with Gasteiger partial charge in [0.15, 0.2) is 0 Å². The number of nitrogens with one attached hydrogen (secondary N) is 1. The number of amides is 1. The third kappa shape index (κ3) is 3.20. The minimum atomic E-state index is -0.363. The lowest BCUT2D eigenvalue weighted by Gasteiger charge is -2.27. The predicted octanol–water partition coefficient (Wildman–Crippen LogP) is 4.88. The Balaban J connectivity index is 1.88. The molecular formula is C21H19Cl2N3O2. The Morgan fingerprint density at radius 1 is 1.18 bits per heavy atom. The van der Waals surface area contributed by atoms with Crippen LogP contribution in [0.25, 0.3) is 11.3 Å². The highest BCUT2D eigenvalue weighted by molar-refractivity contribution is 6.35. The number of ether oxygens (including phenoxy) is 1. The van der Waals surface area contributed by atoms with Crippen LogP contribution in [0.1, 0.15) is 33.2 Å². The zero-order valence-electron chi connectivity index (χ0n) is 15.5. The van der Waals surface area contributed by atoms with Crippen molar-refractivity contribution >= 4 is 29.1 Å². The standard InChI is InChI=1S/C21H19Cl2N3O2/c1-12-3-5-13(6-4-12)18-17-19(25-24-18)21(27)26(9-10-28-2)20(17)15-8-7-14(22)11-16(15)23/h3-8,11,20H,9-10H2,1-2H3,(H,24,25). The number of hydrogen-bond acceptors (Lipinski definition) is 3. The van der Waals surface area contributed by atoms with Gasteiger partial charge < -0.3 is 9.64 Å². The van der Waals surface area contributed by atoms with Crippen LogP contribution in [-0.4, -0.2) is 41.3 Å². The molecule has 1 aromatic heterocycles. The second kappa shape index (κ2) is 7.59. The summed E-state index contributed by atoms with van der Waals surface area (Å²) in [7, 11) is 1.61. The number of aryl methyl sites for hydroxylation is 1. The van der Waals surface area contributed by atoms with Gasteiger partial charge in [-0.15, -0.1) is 0 Å². The summed E-state index contributed by atoms with van der Waals surface area (Å²) in [4.78, 5) is 14.9. The van der Waals surface area contributed by atoms with Crippen LogP contribution in [0.5, 0.6) is 0 Å². The van der Waals surface area contributed by atoms with Gasteiger partial charge in [0.25, 0.3) is 5.91 Å². The van der Waals surface area contributed by atoms with E-state index in [2.05, 4.69) is 10.2 Å². The van der Waals surface area contributed by atoms with E-state index in [0.29, 0.717) is 28.9 Å². The van der Waals surface area contributed by atoms with Crippen LogP contribution >= 0.6 is 23.2 Å². The molecule has 0 saturated heterocycles. The molecule has 1 amide bonds. The van der Waals surface area contributed by atoms with Crippen molar-refractivity contribution in [3.8, 4) is 11.3 Å². The Kier molecular flexibility index (Phi) is 5.15. The quantitative estimate of drug-likeness (QED) is 0.645. The molecule has 28 heavy (non-hydrogen) atoms. The van der Waals surface area contributed by atoms with Crippen LogP contribution in [0.15, 0.2) is 42.5 Å². The van der Waals surface area contributed by atoms with E-state index in [0.717, 1.165) is 27.9 Å². The number of H-pyrrole nitrogens is 1. The molecule has 1 unspecified atom stereocenters. The second-order valence-corrected chi connectivity index (χ2v) is 7.63. The van der Waals surface area contributed by atoms with Crippen LogP contribution in [0, 0.1) is 6.92 Å². The van der Waals surface area contributed by atoms with E-state index in [1.54, 1.807) is 24.1 Å². The summed E-state index contributed by atoms with van der Waals surface area (Å²) in [6.07, 6.45) is 0. The third-order valence-corrected chi connectivity index (χ3v) is 5.54. The smallest absolute Gasteiger partial charge is 0.273 e. The van der Waals surface area contributed by atoms with Crippen molar-refractivity contribution in [1.82, 2.24) is 15.1 Å².